The molecule has 3 rings (SSSR count). The van der Waals surface area contributed by atoms with Crippen LogP contribution >= 0.6 is 0 Å². The molecule has 1 fully saturated rings. The summed E-state index contributed by atoms with van der Waals surface area (Å²) in [7, 11) is 0. The van der Waals surface area contributed by atoms with Crippen LogP contribution in [0, 0.1) is 0 Å². The van der Waals surface area contributed by atoms with Crippen molar-refractivity contribution in [2.24, 2.45) is 0 Å². The van der Waals surface area contributed by atoms with Crippen LogP contribution in [0.1, 0.15) is 37.0 Å². The molecule has 0 spiro atoms. The van der Waals surface area contributed by atoms with Crippen molar-refractivity contribution >= 4 is 5.82 Å². The molecule has 0 aromatic carbocycles. The number of rotatable bonds is 5. The van der Waals surface area contributed by atoms with Crippen molar-refractivity contribution in [1.82, 2.24) is 14.9 Å². The van der Waals surface area contributed by atoms with Gasteiger partial charge in [0.25, 0.3) is 0 Å². The Hall–Kier alpha value is -1.92. The summed E-state index contributed by atoms with van der Waals surface area (Å²) in [6.45, 7) is 1.66. The Bertz CT molecular complexity index is 573. The van der Waals surface area contributed by atoms with Gasteiger partial charge in [-0.25, -0.2) is 9.97 Å². The fourth-order valence-corrected chi connectivity index (χ4v) is 2.90. The molecule has 3 N–H and O–H groups in total. The van der Waals surface area contributed by atoms with E-state index in [1.165, 1.54) is 0 Å². The van der Waals surface area contributed by atoms with Crippen molar-refractivity contribution in [2.75, 3.05) is 12.3 Å². The van der Waals surface area contributed by atoms with Crippen LogP contribution in [0.5, 0.6) is 0 Å². The van der Waals surface area contributed by atoms with Gasteiger partial charge in [-0.05, 0) is 44.0 Å². The summed E-state index contributed by atoms with van der Waals surface area (Å²) in [6, 6.07) is 5.61. The molecule has 0 radical (unpaired) electrons. The van der Waals surface area contributed by atoms with Gasteiger partial charge in [0, 0.05) is 12.2 Å². The van der Waals surface area contributed by atoms with Gasteiger partial charge >= 0.3 is 0 Å². The molecule has 0 amide bonds. The number of aromatic nitrogens is 2. The third-order valence-electron chi connectivity index (χ3n) is 3.94. The zero-order valence-corrected chi connectivity index (χ0v) is 11.9. The zero-order valence-electron chi connectivity index (χ0n) is 11.9. The topological polar surface area (TPSA) is 88.4 Å². The van der Waals surface area contributed by atoms with Crippen LogP contribution in [0.25, 0.3) is 0 Å². The number of hydrogen-bond acceptors (Lipinski definition) is 6. The van der Waals surface area contributed by atoms with Crippen molar-refractivity contribution in [3.8, 4) is 0 Å². The summed E-state index contributed by atoms with van der Waals surface area (Å²) < 4.78 is 5.27. The SMILES string of the molecule is Nc1ccnc(CN2CCCC2CC(O)c2ccco2)n1. The Balaban J connectivity index is 1.63. The van der Waals surface area contributed by atoms with Crippen LogP contribution in [-0.2, 0) is 6.54 Å². The number of furan rings is 1. The number of nitrogens with zero attached hydrogens (tertiary/aromatic N) is 3. The third kappa shape index (κ3) is 3.40. The van der Waals surface area contributed by atoms with Crippen molar-refractivity contribution in [3.05, 3.63) is 42.2 Å². The van der Waals surface area contributed by atoms with E-state index in [1.807, 2.05) is 6.07 Å². The summed E-state index contributed by atoms with van der Waals surface area (Å²) >= 11 is 0. The van der Waals surface area contributed by atoms with Crippen molar-refractivity contribution in [3.63, 3.8) is 0 Å². The van der Waals surface area contributed by atoms with Gasteiger partial charge in [0.05, 0.1) is 12.8 Å². The maximum atomic E-state index is 10.2. The molecule has 112 valence electrons. The van der Waals surface area contributed by atoms with Crippen molar-refractivity contribution in [1.29, 1.82) is 0 Å². The minimum Gasteiger partial charge on any atom is -0.467 e. The van der Waals surface area contributed by atoms with E-state index < -0.39 is 6.10 Å². The van der Waals surface area contributed by atoms with Gasteiger partial charge in [0.2, 0.25) is 0 Å². The predicted molar refractivity (Wildman–Crippen MR) is 78.2 cm³/mol. The Labute approximate surface area is 123 Å². The molecular formula is C15H20N4O2. The Morgan fingerprint density at radius 1 is 1.48 bits per heavy atom. The Morgan fingerprint density at radius 3 is 3.14 bits per heavy atom. The number of nitrogen functional groups attached to an aromatic ring is 1. The van der Waals surface area contributed by atoms with E-state index in [-0.39, 0.29) is 0 Å². The molecule has 6 heteroatoms. The molecule has 1 saturated heterocycles. The van der Waals surface area contributed by atoms with E-state index >= 15 is 0 Å². The first-order valence-electron chi connectivity index (χ1n) is 7.25. The standard InChI is InChI=1S/C15H20N4O2/c16-14-5-6-17-15(18-14)10-19-7-1-3-11(19)9-12(20)13-4-2-8-21-13/h2,4-6,8,11-12,20H,1,3,7,9-10H2,(H2,16,17,18). The van der Waals surface area contributed by atoms with Crippen molar-refractivity contribution < 1.29 is 9.52 Å². The number of anilines is 1. The smallest absolute Gasteiger partial charge is 0.144 e. The van der Waals surface area contributed by atoms with E-state index in [1.54, 1.807) is 24.6 Å². The minimum atomic E-state index is -0.563. The fraction of sp³-hybridized carbons (Fsp3) is 0.467. The van der Waals surface area contributed by atoms with Gasteiger partial charge in [-0.15, -0.1) is 0 Å². The molecule has 3 heterocycles. The van der Waals surface area contributed by atoms with E-state index in [9.17, 15) is 5.11 Å². The highest BCUT2D eigenvalue weighted by Crippen LogP contribution is 2.28. The van der Waals surface area contributed by atoms with Crippen LogP contribution in [0.15, 0.2) is 35.1 Å². The summed E-state index contributed by atoms with van der Waals surface area (Å²) in [5.74, 6) is 1.85. The molecule has 21 heavy (non-hydrogen) atoms. The molecule has 1 aliphatic heterocycles. The van der Waals surface area contributed by atoms with Crippen LogP contribution < -0.4 is 5.73 Å². The first kappa shape index (κ1) is 14.0. The quantitative estimate of drug-likeness (QED) is 0.871. The number of likely N-dealkylation sites (tertiary alicyclic amines) is 1. The number of aliphatic hydroxyl groups is 1. The lowest BCUT2D eigenvalue weighted by Crippen LogP contribution is -2.31. The summed E-state index contributed by atoms with van der Waals surface area (Å²) in [4.78, 5) is 10.8. The second-order valence-corrected chi connectivity index (χ2v) is 5.43. The average Bonchev–Trinajstić information content (AvgIpc) is 3.11. The Kier molecular flexibility index (Phi) is 4.17. The van der Waals surface area contributed by atoms with E-state index in [0.717, 1.165) is 25.2 Å². The van der Waals surface area contributed by atoms with Gasteiger partial charge in [-0.3, -0.25) is 4.90 Å². The molecule has 0 bridgehead atoms. The van der Waals surface area contributed by atoms with Gasteiger partial charge in [-0.2, -0.15) is 0 Å². The highest BCUT2D eigenvalue weighted by molar-refractivity contribution is 5.25. The van der Waals surface area contributed by atoms with Crippen molar-refractivity contribution in [2.45, 2.75) is 38.0 Å². The molecule has 0 saturated carbocycles. The second kappa shape index (κ2) is 6.24. The van der Waals surface area contributed by atoms with Gasteiger partial charge in [0.15, 0.2) is 0 Å². The third-order valence-corrected chi connectivity index (χ3v) is 3.94. The monoisotopic (exact) mass is 288 g/mol. The molecule has 2 aromatic rings. The van der Waals surface area contributed by atoms with Crippen LogP contribution in [0.2, 0.25) is 0 Å². The van der Waals surface area contributed by atoms with Gasteiger partial charge < -0.3 is 15.3 Å². The highest BCUT2D eigenvalue weighted by Gasteiger charge is 2.28. The van der Waals surface area contributed by atoms with Crippen LogP contribution in [0.3, 0.4) is 0 Å². The lowest BCUT2D eigenvalue weighted by molar-refractivity contribution is 0.0986. The molecule has 1 aliphatic rings. The molecule has 2 unspecified atom stereocenters. The Morgan fingerprint density at radius 2 is 2.38 bits per heavy atom. The lowest BCUT2D eigenvalue weighted by atomic mass is 10.1. The molecule has 2 atom stereocenters. The summed E-state index contributed by atoms with van der Waals surface area (Å²) in [6.07, 6.45) is 5.56. The van der Waals surface area contributed by atoms with Gasteiger partial charge in [0.1, 0.15) is 23.5 Å². The van der Waals surface area contributed by atoms with Crippen LogP contribution in [0.4, 0.5) is 5.82 Å². The first-order chi connectivity index (χ1) is 10.2. The van der Waals surface area contributed by atoms with E-state index in [0.29, 0.717) is 30.6 Å². The summed E-state index contributed by atoms with van der Waals surface area (Å²) in [5.41, 5.74) is 5.69. The minimum absolute atomic E-state index is 0.315. The largest absolute Gasteiger partial charge is 0.467 e. The number of aliphatic hydroxyl groups excluding tert-OH is 1. The fourth-order valence-electron chi connectivity index (χ4n) is 2.90. The van der Waals surface area contributed by atoms with Crippen LogP contribution in [-0.4, -0.2) is 32.6 Å². The van der Waals surface area contributed by atoms with E-state index in [2.05, 4.69) is 14.9 Å². The van der Waals surface area contributed by atoms with Gasteiger partial charge in [-0.1, -0.05) is 0 Å². The number of hydrogen-bond donors (Lipinski definition) is 2. The first-order valence-corrected chi connectivity index (χ1v) is 7.25. The molecule has 6 nitrogen and oxygen atoms in total. The lowest BCUT2D eigenvalue weighted by Gasteiger charge is -2.25. The normalized spacial score (nSPS) is 20.7. The maximum Gasteiger partial charge on any atom is 0.144 e. The molecular weight excluding hydrogens is 268 g/mol. The molecule has 0 aliphatic carbocycles. The number of nitrogens with two attached hydrogens (primary N) is 1. The second-order valence-electron chi connectivity index (χ2n) is 5.43. The molecule has 2 aromatic heterocycles. The highest BCUT2D eigenvalue weighted by atomic mass is 16.4. The zero-order chi connectivity index (χ0) is 14.7. The van der Waals surface area contributed by atoms with E-state index in [4.69, 9.17) is 10.2 Å². The maximum absolute atomic E-state index is 10.2. The predicted octanol–water partition coefficient (Wildman–Crippen LogP) is 1.74. The average molecular weight is 288 g/mol. The summed E-state index contributed by atoms with van der Waals surface area (Å²) in [5, 5.41) is 10.2.